The van der Waals surface area contributed by atoms with Gasteiger partial charge in [0.25, 0.3) is 0 Å². The third-order valence-electron chi connectivity index (χ3n) is 12.1. The zero-order valence-electron chi connectivity index (χ0n) is 25.7. The zero-order valence-corrected chi connectivity index (χ0v) is 25.7. The molecule has 234 valence electrons. The molecule has 0 aromatic carbocycles. The molecule has 0 unspecified atom stereocenters. The second-order valence-electron chi connectivity index (χ2n) is 14.5. The topological polar surface area (TPSA) is 117 Å². The lowest BCUT2D eigenvalue weighted by atomic mass is 9.38. The van der Waals surface area contributed by atoms with E-state index < -0.39 is 27.9 Å². The Labute approximate surface area is 252 Å². The van der Waals surface area contributed by atoms with Crippen molar-refractivity contribution in [1.29, 1.82) is 0 Å². The molecule has 0 radical (unpaired) electrons. The SMILES string of the molecule is CC1(C)O[C@H]2CC(=O)OC[C@@]23[C@H]1C[C@H](NC(=O)CCN1CCOCC1)[C@@]1(C)C2=CC(=O)O[C@@H](c4ccoc4)[C@]2(C)CC[C@@H]13. The molecule has 1 N–H and O–H groups in total. The van der Waals surface area contributed by atoms with E-state index in [9.17, 15) is 14.4 Å². The molecule has 5 fully saturated rings. The first-order chi connectivity index (χ1) is 20.5. The van der Waals surface area contributed by atoms with Crippen molar-refractivity contribution in [2.24, 2.45) is 28.1 Å². The van der Waals surface area contributed by atoms with Crippen LogP contribution in [0, 0.1) is 28.1 Å². The maximum absolute atomic E-state index is 13.7. The summed E-state index contributed by atoms with van der Waals surface area (Å²) in [6.07, 6.45) is 7.05. The van der Waals surface area contributed by atoms with E-state index in [1.165, 1.54) is 0 Å². The maximum Gasteiger partial charge on any atom is 0.331 e. The fourth-order valence-electron chi connectivity index (χ4n) is 10.2. The Morgan fingerprint density at radius 1 is 1.12 bits per heavy atom. The summed E-state index contributed by atoms with van der Waals surface area (Å²) in [5.74, 6) is -0.529. The number of morpholine rings is 1. The number of furan rings is 1. The quantitative estimate of drug-likeness (QED) is 0.510. The molecule has 2 saturated carbocycles. The van der Waals surface area contributed by atoms with Crippen molar-refractivity contribution in [2.45, 2.75) is 83.6 Å². The Kier molecular flexibility index (Phi) is 6.87. The number of hydrogen-bond acceptors (Lipinski definition) is 9. The molecular formula is C33H44N2O8. The van der Waals surface area contributed by atoms with Gasteiger partial charge in [-0.2, -0.15) is 0 Å². The molecule has 0 bridgehead atoms. The predicted octanol–water partition coefficient (Wildman–Crippen LogP) is 3.56. The molecule has 6 aliphatic rings. The summed E-state index contributed by atoms with van der Waals surface area (Å²) in [4.78, 5) is 41.9. The smallest absolute Gasteiger partial charge is 0.331 e. The van der Waals surface area contributed by atoms with Crippen molar-refractivity contribution in [3.05, 3.63) is 35.8 Å². The van der Waals surface area contributed by atoms with Crippen molar-refractivity contribution >= 4 is 17.8 Å². The van der Waals surface area contributed by atoms with Gasteiger partial charge in [-0.25, -0.2) is 4.79 Å². The van der Waals surface area contributed by atoms with Gasteiger partial charge in [-0.1, -0.05) is 13.8 Å². The number of nitrogens with one attached hydrogen (secondary N) is 1. The molecule has 1 aromatic heterocycles. The summed E-state index contributed by atoms with van der Waals surface area (Å²) in [5, 5.41) is 3.49. The summed E-state index contributed by atoms with van der Waals surface area (Å²) >= 11 is 0. The van der Waals surface area contributed by atoms with Gasteiger partial charge in [-0.05, 0) is 50.7 Å². The first-order valence-electron chi connectivity index (χ1n) is 15.9. The zero-order chi connectivity index (χ0) is 30.2. The van der Waals surface area contributed by atoms with Crippen LogP contribution < -0.4 is 5.32 Å². The summed E-state index contributed by atoms with van der Waals surface area (Å²) in [7, 11) is 0. The number of rotatable bonds is 5. The van der Waals surface area contributed by atoms with Gasteiger partial charge in [0.15, 0.2) is 0 Å². The molecule has 7 rings (SSSR count). The largest absolute Gasteiger partial charge is 0.472 e. The van der Waals surface area contributed by atoms with E-state index >= 15 is 0 Å². The lowest BCUT2D eigenvalue weighted by molar-refractivity contribution is -0.194. The molecule has 4 aliphatic heterocycles. The van der Waals surface area contributed by atoms with Gasteiger partial charge in [-0.15, -0.1) is 0 Å². The number of fused-ring (bicyclic) bond motifs is 3. The van der Waals surface area contributed by atoms with Gasteiger partial charge in [0.1, 0.15) is 12.7 Å². The van der Waals surface area contributed by atoms with Crippen LogP contribution in [0.25, 0.3) is 0 Å². The van der Waals surface area contributed by atoms with Crippen molar-refractivity contribution in [3.63, 3.8) is 0 Å². The van der Waals surface area contributed by atoms with E-state index in [0.717, 1.165) is 37.1 Å². The minimum absolute atomic E-state index is 0.00778. The van der Waals surface area contributed by atoms with E-state index in [1.54, 1.807) is 18.6 Å². The van der Waals surface area contributed by atoms with Gasteiger partial charge in [0, 0.05) is 65.9 Å². The highest BCUT2D eigenvalue weighted by Gasteiger charge is 2.75. The number of nitrogens with zero attached hydrogens (tertiary/aromatic N) is 1. The van der Waals surface area contributed by atoms with Crippen LogP contribution >= 0.6 is 0 Å². The van der Waals surface area contributed by atoms with E-state index in [4.69, 9.17) is 23.4 Å². The molecule has 10 heteroatoms. The summed E-state index contributed by atoms with van der Waals surface area (Å²) in [6.45, 7) is 12.6. The average Bonchev–Trinajstić information content (AvgIpc) is 3.57. The predicted molar refractivity (Wildman–Crippen MR) is 153 cm³/mol. The average molecular weight is 597 g/mol. The minimum Gasteiger partial charge on any atom is -0.472 e. The Hall–Kier alpha value is -2.69. The van der Waals surface area contributed by atoms with Crippen LogP contribution in [-0.4, -0.2) is 79.9 Å². The van der Waals surface area contributed by atoms with Gasteiger partial charge in [0.2, 0.25) is 5.91 Å². The molecule has 43 heavy (non-hydrogen) atoms. The third-order valence-corrected chi connectivity index (χ3v) is 12.1. The summed E-state index contributed by atoms with van der Waals surface area (Å²) < 4.78 is 29.5. The molecule has 1 spiro atoms. The molecule has 5 heterocycles. The van der Waals surface area contributed by atoms with Crippen LogP contribution in [0.3, 0.4) is 0 Å². The van der Waals surface area contributed by atoms with E-state index in [0.29, 0.717) is 39.2 Å². The monoisotopic (exact) mass is 596 g/mol. The minimum atomic E-state index is -0.606. The molecule has 2 aliphatic carbocycles. The van der Waals surface area contributed by atoms with E-state index in [1.807, 2.05) is 6.07 Å². The second kappa shape index (κ2) is 10.2. The molecule has 10 nitrogen and oxygen atoms in total. The normalized spacial score (nSPS) is 42.0. The van der Waals surface area contributed by atoms with Gasteiger partial charge in [-0.3, -0.25) is 14.5 Å². The fourth-order valence-corrected chi connectivity index (χ4v) is 10.2. The first kappa shape index (κ1) is 29.0. The second-order valence-corrected chi connectivity index (χ2v) is 14.5. The number of ether oxygens (including phenoxy) is 4. The fraction of sp³-hybridized carbons (Fsp3) is 0.727. The Morgan fingerprint density at radius 2 is 1.91 bits per heavy atom. The van der Waals surface area contributed by atoms with Crippen LogP contribution in [0.4, 0.5) is 0 Å². The van der Waals surface area contributed by atoms with Crippen LogP contribution in [0.2, 0.25) is 0 Å². The first-order valence-corrected chi connectivity index (χ1v) is 15.9. The van der Waals surface area contributed by atoms with Crippen LogP contribution in [0.5, 0.6) is 0 Å². The highest BCUT2D eigenvalue weighted by Crippen LogP contribution is 2.73. The highest BCUT2D eigenvalue weighted by atomic mass is 16.6. The van der Waals surface area contributed by atoms with Gasteiger partial charge >= 0.3 is 11.9 Å². The van der Waals surface area contributed by atoms with E-state index in [-0.39, 0.29) is 48.2 Å². The van der Waals surface area contributed by atoms with Gasteiger partial charge in [0.05, 0.1) is 43.9 Å². The molecule has 3 saturated heterocycles. The Balaban J connectivity index is 1.29. The number of cyclic esters (lactones) is 2. The standard InChI is InChI=1S/C33H44N2O8/c1-30(2)22-15-24(34-26(36)6-9-35-10-13-39-14-11-35)32(4)21(33(22)19-41-27(37)17-25(33)43-30)5-8-31(3)23(32)16-28(38)42-29(31)20-7-12-40-18-20/h7,12,16,18,21-22,24-25,29H,5-6,8-11,13-15,17,19H2,1-4H3,(H,34,36)/t21-,22-,24-,25-,29-,31+,32+,33+/m0/s1. The van der Waals surface area contributed by atoms with Crippen molar-refractivity contribution in [2.75, 3.05) is 39.5 Å². The number of esters is 2. The molecular weight excluding hydrogens is 552 g/mol. The van der Waals surface area contributed by atoms with Crippen molar-refractivity contribution in [3.8, 4) is 0 Å². The number of hydrogen-bond donors (Lipinski definition) is 1. The highest BCUT2D eigenvalue weighted by molar-refractivity contribution is 5.85. The third kappa shape index (κ3) is 4.34. The van der Waals surface area contributed by atoms with Crippen molar-refractivity contribution < 1.29 is 37.7 Å². The Morgan fingerprint density at radius 3 is 2.65 bits per heavy atom. The summed E-state index contributed by atoms with van der Waals surface area (Å²) in [5.41, 5.74) is -0.196. The molecule has 8 atom stereocenters. The van der Waals surface area contributed by atoms with Crippen LogP contribution in [0.15, 0.2) is 34.7 Å². The molecule has 1 aromatic rings. The van der Waals surface area contributed by atoms with Gasteiger partial charge < -0.3 is 28.7 Å². The summed E-state index contributed by atoms with van der Waals surface area (Å²) in [6, 6.07) is 1.62. The van der Waals surface area contributed by atoms with Crippen LogP contribution in [0.1, 0.15) is 71.5 Å². The van der Waals surface area contributed by atoms with Crippen LogP contribution in [-0.2, 0) is 33.3 Å². The Bertz CT molecular complexity index is 1320. The number of carbonyl (C=O) groups is 3. The maximum atomic E-state index is 13.7. The number of amides is 1. The van der Waals surface area contributed by atoms with Crippen molar-refractivity contribution in [1.82, 2.24) is 10.2 Å². The number of carbonyl (C=O) groups excluding carboxylic acids is 3. The lowest BCUT2D eigenvalue weighted by Gasteiger charge is -2.66. The van der Waals surface area contributed by atoms with E-state index in [2.05, 4.69) is 37.9 Å². The molecule has 1 amide bonds. The lowest BCUT2D eigenvalue weighted by Crippen LogP contribution is -2.69.